The third-order valence-corrected chi connectivity index (χ3v) is 4.28. The van der Waals surface area contributed by atoms with E-state index in [-0.39, 0.29) is 4.90 Å². The first-order valence-corrected chi connectivity index (χ1v) is 6.75. The summed E-state index contributed by atoms with van der Waals surface area (Å²) in [5, 5.41) is 9.58. The van der Waals surface area contributed by atoms with Crippen molar-refractivity contribution in [2.75, 3.05) is 0 Å². The van der Waals surface area contributed by atoms with Crippen LogP contribution in [0.2, 0.25) is 0 Å². The molecule has 2 rings (SSSR count). The summed E-state index contributed by atoms with van der Waals surface area (Å²) in [5.41, 5.74) is 6.03. The molecule has 1 aromatic carbocycles. The van der Waals surface area contributed by atoms with E-state index in [1.54, 1.807) is 19.1 Å². The molecule has 0 radical (unpaired) electrons. The van der Waals surface area contributed by atoms with Gasteiger partial charge in [0.25, 0.3) is 10.0 Å². The number of aliphatic hydroxyl groups excluding tert-OH is 1. The van der Waals surface area contributed by atoms with E-state index in [1.807, 2.05) is 0 Å². The standard InChI is InChI=1S/C11H12FN3O3S/c1-7-2-4-8(5-3-7)19(17,18)15-6-9(12)10(13)14-11(15)16/h2-6,11,16H,1H3,(H2,13,14). The molecule has 0 aliphatic carbocycles. The molecule has 8 heteroatoms. The Balaban J connectivity index is 2.44. The number of nitrogens with zero attached hydrogens (tertiary/aromatic N) is 2. The first-order valence-electron chi connectivity index (χ1n) is 5.31. The second-order valence-corrected chi connectivity index (χ2v) is 5.83. The number of hydrogen-bond acceptors (Lipinski definition) is 5. The second kappa shape index (κ2) is 4.63. The fraction of sp³-hybridized carbons (Fsp3) is 0.182. The van der Waals surface area contributed by atoms with Crippen LogP contribution >= 0.6 is 0 Å². The van der Waals surface area contributed by atoms with Gasteiger partial charge in [-0.25, -0.2) is 22.1 Å². The van der Waals surface area contributed by atoms with Crippen LogP contribution in [-0.2, 0) is 10.0 Å². The lowest BCUT2D eigenvalue weighted by Gasteiger charge is -2.26. The zero-order valence-electron chi connectivity index (χ0n) is 9.99. The molecule has 0 saturated carbocycles. The van der Waals surface area contributed by atoms with Gasteiger partial charge in [-0.15, -0.1) is 0 Å². The van der Waals surface area contributed by atoms with Crippen LogP contribution in [0.3, 0.4) is 0 Å². The Hall–Kier alpha value is -1.93. The third kappa shape index (κ3) is 2.45. The molecule has 0 amide bonds. The molecule has 0 bridgehead atoms. The predicted molar refractivity (Wildman–Crippen MR) is 67.0 cm³/mol. The number of amidine groups is 1. The van der Waals surface area contributed by atoms with Gasteiger partial charge in [0.05, 0.1) is 11.1 Å². The van der Waals surface area contributed by atoms with Crippen molar-refractivity contribution in [1.29, 1.82) is 0 Å². The Labute approximate surface area is 109 Å². The van der Waals surface area contributed by atoms with Gasteiger partial charge < -0.3 is 10.8 Å². The fourth-order valence-corrected chi connectivity index (χ4v) is 2.76. The first-order chi connectivity index (χ1) is 8.82. The van der Waals surface area contributed by atoms with Crippen molar-refractivity contribution < 1.29 is 17.9 Å². The van der Waals surface area contributed by atoms with Crippen LogP contribution in [0, 0.1) is 6.92 Å². The normalized spacial score (nSPS) is 19.9. The molecule has 102 valence electrons. The molecule has 1 atom stereocenters. The van der Waals surface area contributed by atoms with Gasteiger partial charge in [-0.1, -0.05) is 17.7 Å². The van der Waals surface area contributed by atoms with Gasteiger partial charge in [-0.3, -0.25) is 0 Å². The van der Waals surface area contributed by atoms with E-state index in [2.05, 4.69) is 4.99 Å². The number of aliphatic imine (C=N–C) groups is 1. The van der Waals surface area contributed by atoms with Crippen molar-refractivity contribution in [2.45, 2.75) is 18.2 Å². The third-order valence-electron chi connectivity index (χ3n) is 2.56. The van der Waals surface area contributed by atoms with Gasteiger partial charge in [0.1, 0.15) is 0 Å². The average molecular weight is 285 g/mol. The lowest BCUT2D eigenvalue weighted by Crippen LogP contribution is -2.40. The Bertz CT molecular complexity index is 652. The Kier molecular flexibility index (Phi) is 3.29. The molecule has 1 aliphatic rings. The van der Waals surface area contributed by atoms with Crippen LogP contribution in [0.1, 0.15) is 5.56 Å². The lowest BCUT2D eigenvalue weighted by atomic mass is 10.2. The number of halogens is 1. The highest BCUT2D eigenvalue weighted by Gasteiger charge is 2.31. The van der Waals surface area contributed by atoms with Crippen molar-refractivity contribution in [2.24, 2.45) is 10.7 Å². The summed E-state index contributed by atoms with van der Waals surface area (Å²) in [7, 11) is -4.08. The van der Waals surface area contributed by atoms with E-state index in [0.29, 0.717) is 10.5 Å². The highest BCUT2D eigenvalue weighted by molar-refractivity contribution is 7.89. The number of aliphatic hydroxyl groups is 1. The van der Waals surface area contributed by atoms with Crippen LogP contribution in [0.4, 0.5) is 4.39 Å². The minimum atomic E-state index is -4.08. The second-order valence-electron chi connectivity index (χ2n) is 3.99. The SMILES string of the molecule is Cc1ccc(S(=O)(=O)N2C=C(F)C(N)=NC2O)cc1. The zero-order chi connectivity index (χ0) is 14.2. The van der Waals surface area contributed by atoms with E-state index >= 15 is 0 Å². The van der Waals surface area contributed by atoms with E-state index in [4.69, 9.17) is 5.73 Å². The molecule has 1 aliphatic heterocycles. The number of aryl methyl sites for hydroxylation is 1. The highest BCUT2D eigenvalue weighted by atomic mass is 32.2. The summed E-state index contributed by atoms with van der Waals surface area (Å²) in [6.45, 7) is 1.80. The summed E-state index contributed by atoms with van der Waals surface area (Å²) in [6, 6.07) is 5.93. The summed E-state index contributed by atoms with van der Waals surface area (Å²) < 4.78 is 38.1. The van der Waals surface area contributed by atoms with Gasteiger partial charge in [0, 0.05) is 0 Å². The summed E-state index contributed by atoms with van der Waals surface area (Å²) >= 11 is 0. The van der Waals surface area contributed by atoms with Crippen molar-refractivity contribution in [3.8, 4) is 0 Å². The highest BCUT2D eigenvalue weighted by Crippen LogP contribution is 2.22. The number of hydrogen-bond donors (Lipinski definition) is 2. The topological polar surface area (TPSA) is 96.0 Å². The van der Waals surface area contributed by atoms with Crippen LogP contribution in [0.5, 0.6) is 0 Å². The number of rotatable bonds is 2. The molecule has 0 saturated heterocycles. The molecule has 19 heavy (non-hydrogen) atoms. The van der Waals surface area contributed by atoms with Crippen LogP contribution in [0.25, 0.3) is 0 Å². The van der Waals surface area contributed by atoms with Crippen molar-refractivity contribution in [3.05, 3.63) is 41.9 Å². The van der Waals surface area contributed by atoms with Gasteiger partial charge in [0.15, 0.2) is 11.7 Å². The molecule has 3 N–H and O–H groups in total. The fourth-order valence-electron chi connectivity index (χ4n) is 1.51. The molecular weight excluding hydrogens is 273 g/mol. The van der Waals surface area contributed by atoms with E-state index < -0.39 is 28.0 Å². The van der Waals surface area contributed by atoms with E-state index in [9.17, 15) is 17.9 Å². The van der Waals surface area contributed by atoms with Crippen molar-refractivity contribution in [1.82, 2.24) is 4.31 Å². The molecule has 1 aromatic rings. The Morgan fingerprint density at radius 1 is 1.37 bits per heavy atom. The number of nitrogens with two attached hydrogens (primary N) is 1. The van der Waals surface area contributed by atoms with E-state index in [0.717, 1.165) is 5.56 Å². The molecule has 6 nitrogen and oxygen atoms in total. The summed E-state index contributed by atoms with van der Waals surface area (Å²) in [5.74, 6) is -1.55. The molecule has 0 fully saturated rings. The van der Waals surface area contributed by atoms with Crippen LogP contribution in [0.15, 0.2) is 46.2 Å². The predicted octanol–water partition coefficient (Wildman–Crippen LogP) is 0.443. The maximum Gasteiger partial charge on any atom is 0.267 e. The Morgan fingerprint density at radius 2 is 1.95 bits per heavy atom. The van der Waals surface area contributed by atoms with Gasteiger partial charge >= 0.3 is 0 Å². The number of benzene rings is 1. The summed E-state index contributed by atoms with van der Waals surface area (Å²) in [6.07, 6.45) is -1.16. The smallest absolute Gasteiger partial charge is 0.267 e. The molecule has 0 aromatic heterocycles. The van der Waals surface area contributed by atoms with Gasteiger partial charge in [0.2, 0.25) is 6.35 Å². The summed E-state index contributed by atoms with van der Waals surface area (Å²) in [4.78, 5) is 3.24. The first kappa shape index (κ1) is 13.5. The number of sulfonamides is 1. The molecule has 0 spiro atoms. The van der Waals surface area contributed by atoms with E-state index in [1.165, 1.54) is 12.1 Å². The maximum atomic E-state index is 13.3. The monoisotopic (exact) mass is 285 g/mol. The molecule has 1 heterocycles. The van der Waals surface area contributed by atoms with Crippen molar-refractivity contribution >= 4 is 15.9 Å². The van der Waals surface area contributed by atoms with Gasteiger partial charge in [-0.2, -0.15) is 0 Å². The van der Waals surface area contributed by atoms with Crippen LogP contribution in [-0.4, -0.2) is 30.0 Å². The lowest BCUT2D eigenvalue weighted by molar-refractivity contribution is 0.0949. The maximum absolute atomic E-state index is 13.3. The zero-order valence-corrected chi connectivity index (χ0v) is 10.8. The largest absolute Gasteiger partial charge is 0.381 e. The Morgan fingerprint density at radius 3 is 2.53 bits per heavy atom. The van der Waals surface area contributed by atoms with Gasteiger partial charge in [-0.05, 0) is 19.1 Å². The van der Waals surface area contributed by atoms with Crippen molar-refractivity contribution in [3.63, 3.8) is 0 Å². The minimum Gasteiger partial charge on any atom is -0.381 e. The average Bonchev–Trinajstić information content (AvgIpc) is 2.34. The minimum absolute atomic E-state index is 0.0723. The molecular formula is C11H12FN3O3S. The van der Waals surface area contributed by atoms with Crippen LogP contribution < -0.4 is 5.73 Å². The molecule has 1 unspecified atom stereocenters. The quantitative estimate of drug-likeness (QED) is 0.824.